The zero-order valence-corrected chi connectivity index (χ0v) is 7.95. The topological polar surface area (TPSA) is 48.8 Å². The maximum Gasteiger partial charge on any atom is 0.123 e. The highest BCUT2D eigenvalue weighted by molar-refractivity contribution is 6.32. The Labute approximate surface area is 85.4 Å². The quantitative estimate of drug-likeness (QED) is 0.415. The molecular formula is C9H7ClFN3. The van der Waals surface area contributed by atoms with Crippen molar-refractivity contribution in [3.8, 4) is 0 Å². The lowest BCUT2D eigenvalue weighted by molar-refractivity contribution is 0.627. The largest absolute Gasteiger partial charge is 0.207 e. The van der Waals surface area contributed by atoms with Crippen LogP contribution in [0.2, 0.25) is 5.02 Å². The van der Waals surface area contributed by atoms with Gasteiger partial charge < -0.3 is 0 Å². The first-order valence-corrected chi connectivity index (χ1v) is 4.24. The van der Waals surface area contributed by atoms with Crippen molar-refractivity contribution in [1.29, 1.82) is 0 Å². The van der Waals surface area contributed by atoms with Gasteiger partial charge in [-0.25, -0.2) is 4.39 Å². The molecule has 1 aromatic rings. The lowest BCUT2D eigenvalue weighted by Gasteiger charge is -1.96. The molecule has 1 aromatic carbocycles. The molecule has 0 heterocycles. The molecule has 0 aromatic heterocycles. The normalized spacial score (nSPS) is 10.1. The first-order chi connectivity index (χ1) is 6.74. The van der Waals surface area contributed by atoms with Gasteiger partial charge >= 0.3 is 0 Å². The molecule has 0 aliphatic carbocycles. The van der Waals surface area contributed by atoms with Crippen LogP contribution in [-0.4, -0.2) is 6.54 Å². The van der Waals surface area contributed by atoms with E-state index in [4.69, 9.17) is 17.1 Å². The fourth-order valence-corrected chi connectivity index (χ4v) is 1.09. The molecule has 0 spiro atoms. The second-order valence-corrected chi connectivity index (χ2v) is 2.89. The van der Waals surface area contributed by atoms with Gasteiger partial charge in [-0.15, -0.1) is 0 Å². The standard InChI is InChI=1S/C9H7ClFN3/c10-9-4-3-8(11)6-7(9)2-1-5-13-14-12/h1-4,6H,5H2. The minimum Gasteiger partial charge on any atom is -0.207 e. The third-order valence-corrected chi connectivity index (χ3v) is 1.85. The molecule has 0 radical (unpaired) electrons. The van der Waals surface area contributed by atoms with Gasteiger partial charge in [0.25, 0.3) is 0 Å². The molecule has 0 bridgehead atoms. The van der Waals surface area contributed by atoms with Gasteiger partial charge in [-0.3, -0.25) is 0 Å². The fraction of sp³-hybridized carbons (Fsp3) is 0.111. The second kappa shape index (κ2) is 5.27. The Morgan fingerprint density at radius 2 is 2.36 bits per heavy atom. The molecule has 0 fully saturated rings. The monoisotopic (exact) mass is 211 g/mol. The maximum absolute atomic E-state index is 12.7. The lowest BCUT2D eigenvalue weighted by Crippen LogP contribution is -1.79. The van der Waals surface area contributed by atoms with E-state index in [9.17, 15) is 4.39 Å². The summed E-state index contributed by atoms with van der Waals surface area (Å²) in [5.41, 5.74) is 8.57. The molecule has 0 unspecified atom stereocenters. The number of rotatable bonds is 3. The number of benzene rings is 1. The van der Waals surface area contributed by atoms with Crippen molar-refractivity contribution in [2.45, 2.75) is 0 Å². The summed E-state index contributed by atoms with van der Waals surface area (Å²) < 4.78 is 12.7. The van der Waals surface area contributed by atoms with E-state index in [2.05, 4.69) is 10.0 Å². The van der Waals surface area contributed by atoms with E-state index >= 15 is 0 Å². The van der Waals surface area contributed by atoms with Crippen LogP contribution >= 0.6 is 11.6 Å². The van der Waals surface area contributed by atoms with Crippen LogP contribution in [0.3, 0.4) is 0 Å². The zero-order chi connectivity index (χ0) is 10.4. The highest BCUT2D eigenvalue weighted by Gasteiger charge is 1.97. The third kappa shape index (κ3) is 3.09. The minimum atomic E-state index is -0.349. The Morgan fingerprint density at radius 3 is 3.07 bits per heavy atom. The lowest BCUT2D eigenvalue weighted by atomic mass is 10.2. The van der Waals surface area contributed by atoms with Crippen LogP contribution in [0.4, 0.5) is 4.39 Å². The van der Waals surface area contributed by atoms with Crippen LogP contribution in [0.25, 0.3) is 16.5 Å². The van der Waals surface area contributed by atoms with E-state index in [1.165, 1.54) is 18.2 Å². The number of azide groups is 1. The van der Waals surface area contributed by atoms with Gasteiger partial charge in [0.05, 0.1) is 0 Å². The average Bonchev–Trinajstić information content (AvgIpc) is 2.18. The van der Waals surface area contributed by atoms with Crippen LogP contribution < -0.4 is 0 Å². The molecule has 3 nitrogen and oxygen atoms in total. The summed E-state index contributed by atoms with van der Waals surface area (Å²) in [7, 11) is 0. The molecular weight excluding hydrogens is 205 g/mol. The Hall–Kier alpha value is -1.51. The van der Waals surface area contributed by atoms with Gasteiger partial charge in [0.15, 0.2) is 0 Å². The van der Waals surface area contributed by atoms with Gasteiger partial charge in [0.1, 0.15) is 5.82 Å². The second-order valence-electron chi connectivity index (χ2n) is 2.48. The molecule has 14 heavy (non-hydrogen) atoms. The molecule has 0 aliphatic rings. The molecule has 5 heteroatoms. The van der Waals surface area contributed by atoms with Gasteiger partial charge in [-0.05, 0) is 29.3 Å². The van der Waals surface area contributed by atoms with E-state index < -0.39 is 0 Å². The Morgan fingerprint density at radius 1 is 1.57 bits per heavy atom. The van der Waals surface area contributed by atoms with Crippen molar-refractivity contribution in [3.05, 3.63) is 51.1 Å². The smallest absolute Gasteiger partial charge is 0.123 e. The van der Waals surface area contributed by atoms with Gasteiger partial charge in [-0.1, -0.05) is 28.9 Å². The van der Waals surface area contributed by atoms with Crippen molar-refractivity contribution in [1.82, 2.24) is 0 Å². The van der Waals surface area contributed by atoms with E-state index in [1.807, 2.05) is 0 Å². The Bertz CT molecular complexity index is 397. The van der Waals surface area contributed by atoms with E-state index in [0.717, 1.165) is 0 Å². The van der Waals surface area contributed by atoms with Gasteiger partial charge in [0, 0.05) is 16.5 Å². The first-order valence-electron chi connectivity index (χ1n) is 3.86. The van der Waals surface area contributed by atoms with Crippen molar-refractivity contribution in [3.63, 3.8) is 0 Å². The number of nitrogens with zero attached hydrogens (tertiary/aromatic N) is 3. The number of hydrogen-bond acceptors (Lipinski definition) is 1. The van der Waals surface area contributed by atoms with Crippen LogP contribution in [0.15, 0.2) is 29.4 Å². The summed E-state index contributed by atoms with van der Waals surface area (Å²) in [5, 5.41) is 3.76. The summed E-state index contributed by atoms with van der Waals surface area (Å²) >= 11 is 5.79. The number of halogens is 2. The van der Waals surface area contributed by atoms with Crippen molar-refractivity contribution in [2.75, 3.05) is 6.54 Å². The SMILES string of the molecule is [N-]=[N+]=NCC=Cc1cc(F)ccc1Cl. The predicted octanol–water partition coefficient (Wildman–Crippen LogP) is 3.80. The summed E-state index contributed by atoms with van der Waals surface area (Å²) in [6, 6.07) is 4.08. The summed E-state index contributed by atoms with van der Waals surface area (Å²) in [5.74, 6) is -0.349. The maximum atomic E-state index is 12.7. The summed E-state index contributed by atoms with van der Waals surface area (Å²) in [6.45, 7) is 0.226. The Kier molecular flexibility index (Phi) is 3.98. The van der Waals surface area contributed by atoms with Crippen LogP contribution in [0, 0.1) is 5.82 Å². The van der Waals surface area contributed by atoms with E-state index in [0.29, 0.717) is 10.6 Å². The highest BCUT2D eigenvalue weighted by Crippen LogP contribution is 2.18. The molecule has 0 aliphatic heterocycles. The van der Waals surface area contributed by atoms with Crippen molar-refractivity contribution >= 4 is 17.7 Å². The summed E-state index contributed by atoms with van der Waals surface area (Å²) in [4.78, 5) is 2.57. The molecule has 72 valence electrons. The molecule has 0 atom stereocenters. The molecule has 0 N–H and O–H groups in total. The van der Waals surface area contributed by atoms with Crippen molar-refractivity contribution in [2.24, 2.45) is 5.11 Å². The summed E-state index contributed by atoms with van der Waals surface area (Å²) in [6.07, 6.45) is 3.22. The van der Waals surface area contributed by atoms with E-state index in [-0.39, 0.29) is 12.4 Å². The number of hydrogen-bond donors (Lipinski definition) is 0. The average molecular weight is 212 g/mol. The highest BCUT2D eigenvalue weighted by atomic mass is 35.5. The van der Waals surface area contributed by atoms with Gasteiger partial charge in [-0.2, -0.15) is 0 Å². The fourth-order valence-electron chi connectivity index (χ4n) is 0.906. The minimum absolute atomic E-state index is 0.226. The molecule has 0 saturated carbocycles. The first kappa shape index (κ1) is 10.6. The Balaban J connectivity index is 2.79. The molecule has 1 rings (SSSR count). The van der Waals surface area contributed by atoms with Crippen LogP contribution in [0.1, 0.15) is 5.56 Å². The van der Waals surface area contributed by atoms with Crippen LogP contribution in [0.5, 0.6) is 0 Å². The van der Waals surface area contributed by atoms with Gasteiger partial charge in [0.2, 0.25) is 0 Å². The molecule has 0 amide bonds. The third-order valence-electron chi connectivity index (χ3n) is 1.51. The van der Waals surface area contributed by atoms with Crippen LogP contribution in [-0.2, 0) is 0 Å². The predicted molar refractivity (Wildman–Crippen MR) is 54.5 cm³/mol. The zero-order valence-electron chi connectivity index (χ0n) is 7.19. The molecule has 0 saturated heterocycles. The van der Waals surface area contributed by atoms with Crippen molar-refractivity contribution < 1.29 is 4.39 Å². The van der Waals surface area contributed by atoms with E-state index in [1.54, 1.807) is 12.2 Å².